The van der Waals surface area contributed by atoms with Crippen LogP contribution in [0.2, 0.25) is 0 Å². The van der Waals surface area contributed by atoms with Crippen molar-refractivity contribution in [2.24, 2.45) is 5.92 Å². The first-order valence-corrected chi connectivity index (χ1v) is 7.13. The minimum absolute atomic E-state index is 0.0358. The molecule has 1 aliphatic rings. The molecule has 1 saturated carbocycles. The van der Waals surface area contributed by atoms with E-state index in [2.05, 4.69) is 20.0 Å². The summed E-state index contributed by atoms with van der Waals surface area (Å²) in [6.07, 6.45) is 8.49. The van der Waals surface area contributed by atoms with Gasteiger partial charge in [-0.15, -0.1) is 0 Å². The molecular weight excluding hydrogens is 252 g/mol. The van der Waals surface area contributed by atoms with Crippen LogP contribution in [0.25, 0.3) is 0 Å². The monoisotopic (exact) mass is 272 g/mol. The molecule has 1 aliphatic carbocycles. The first kappa shape index (κ1) is 13.2. The van der Waals surface area contributed by atoms with Crippen molar-refractivity contribution in [3.8, 4) is 0 Å². The lowest BCUT2D eigenvalue weighted by molar-refractivity contribution is 0.258. The van der Waals surface area contributed by atoms with Crippen molar-refractivity contribution < 1.29 is 4.52 Å². The highest BCUT2D eigenvalue weighted by atomic mass is 16.5. The molecule has 106 valence electrons. The summed E-state index contributed by atoms with van der Waals surface area (Å²) in [5, 5.41) is 4.13. The average molecular weight is 272 g/mol. The lowest BCUT2D eigenvalue weighted by Crippen LogP contribution is -2.21. The fourth-order valence-electron chi connectivity index (χ4n) is 2.62. The van der Waals surface area contributed by atoms with Crippen molar-refractivity contribution in [2.45, 2.75) is 31.7 Å². The maximum atomic E-state index is 5.48. The summed E-state index contributed by atoms with van der Waals surface area (Å²) in [4.78, 5) is 10.8. The standard InChI is InChI=1S/C15H20N4O/c1-19(2)14(12-7-4-8-16-10-12)15-17-13(18-20-15)9-11-5-3-6-11/h4,7-8,10-11,14H,3,5-6,9H2,1-2H3. The Hall–Kier alpha value is -1.75. The van der Waals surface area contributed by atoms with Gasteiger partial charge in [0.2, 0.25) is 5.89 Å². The Labute approximate surface area is 119 Å². The number of hydrogen-bond donors (Lipinski definition) is 0. The molecule has 1 fully saturated rings. The zero-order valence-electron chi connectivity index (χ0n) is 12.0. The molecule has 20 heavy (non-hydrogen) atoms. The van der Waals surface area contributed by atoms with E-state index in [1.807, 2.05) is 32.4 Å². The third-order valence-corrected chi connectivity index (χ3v) is 3.93. The van der Waals surface area contributed by atoms with Gasteiger partial charge in [-0.25, -0.2) is 0 Å². The highest BCUT2D eigenvalue weighted by Crippen LogP contribution is 2.30. The highest BCUT2D eigenvalue weighted by Gasteiger charge is 2.25. The van der Waals surface area contributed by atoms with Gasteiger partial charge < -0.3 is 4.52 Å². The number of nitrogens with zero attached hydrogens (tertiary/aromatic N) is 4. The molecule has 3 rings (SSSR count). The van der Waals surface area contributed by atoms with Crippen LogP contribution in [0.5, 0.6) is 0 Å². The van der Waals surface area contributed by atoms with Crippen molar-refractivity contribution >= 4 is 0 Å². The van der Waals surface area contributed by atoms with Gasteiger partial charge in [0.1, 0.15) is 6.04 Å². The van der Waals surface area contributed by atoms with Gasteiger partial charge in [-0.05, 0) is 31.6 Å². The SMILES string of the molecule is CN(C)C(c1cccnc1)c1nc(CC2CCC2)no1. The van der Waals surface area contributed by atoms with Gasteiger partial charge in [-0.2, -0.15) is 4.98 Å². The van der Waals surface area contributed by atoms with Crippen molar-refractivity contribution in [2.75, 3.05) is 14.1 Å². The Morgan fingerprint density at radius 1 is 1.40 bits per heavy atom. The van der Waals surface area contributed by atoms with Crippen LogP contribution in [0.3, 0.4) is 0 Å². The smallest absolute Gasteiger partial charge is 0.248 e. The van der Waals surface area contributed by atoms with Gasteiger partial charge >= 0.3 is 0 Å². The van der Waals surface area contributed by atoms with Crippen molar-refractivity contribution in [3.63, 3.8) is 0 Å². The minimum atomic E-state index is -0.0358. The number of pyridine rings is 1. The van der Waals surface area contributed by atoms with Crippen molar-refractivity contribution in [1.82, 2.24) is 20.0 Å². The fourth-order valence-corrected chi connectivity index (χ4v) is 2.62. The summed E-state index contributed by atoms with van der Waals surface area (Å²) in [5.41, 5.74) is 1.07. The zero-order chi connectivity index (χ0) is 13.9. The predicted molar refractivity (Wildman–Crippen MR) is 75.1 cm³/mol. The zero-order valence-corrected chi connectivity index (χ0v) is 12.0. The molecule has 0 N–H and O–H groups in total. The van der Waals surface area contributed by atoms with Gasteiger partial charge in [0.15, 0.2) is 5.82 Å². The molecule has 2 aromatic heterocycles. The fraction of sp³-hybridized carbons (Fsp3) is 0.533. The van der Waals surface area contributed by atoms with E-state index in [1.165, 1.54) is 19.3 Å². The molecule has 0 bridgehead atoms. The Bertz CT molecular complexity index is 548. The second kappa shape index (κ2) is 5.71. The summed E-state index contributed by atoms with van der Waals surface area (Å²) >= 11 is 0. The Kier molecular flexibility index (Phi) is 3.78. The molecule has 2 aromatic rings. The number of hydrogen-bond acceptors (Lipinski definition) is 5. The van der Waals surface area contributed by atoms with E-state index in [4.69, 9.17) is 4.52 Å². The first-order valence-electron chi connectivity index (χ1n) is 7.13. The van der Waals surface area contributed by atoms with E-state index in [0.717, 1.165) is 23.7 Å². The van der Waals surface area contributed by atoms with E-state index in [0.29, 0.717) is 5.89 Å². The largest absolute Gasteiger partial charge is 0.337 e. The third kappa shape index (κ3) is 2.72. The van der Waals surface area contributed by atoms with Gasteiger partial charge in [0, 0.05) is 18.8 Å². The van der Waals surface area contributed by atoms with Crippen LogP contribution in [0, 0.1) is 5.92 Å². The Morgan fingerprint density at radius 2 is 2.25 bits per heavy atom. The van der Waals surface area contributed by atoms with Crippen LogP contribution in [-0.2, 0) is 6.42 Å². The van der Waals surface area contributed by atoms with Gasteiger partial charge in [-0.3, -0.25) is 9.88 Å². The van der Waals surface area contributed by atoms with Crippen molar-refractivity contribution in [3.05, 3.63) is 41.8 Å². The van der Waals surface area contributed by atoms with Crippen LogP contribution in [-0.4, -0.2) is 34.1 Å². The van der Waals surface area contributed by atoms with Gasteiger partial charge in [-0.1, -0.05) is 30.5 Å². The van der Waals surface area contributed by atoms with Crippen LogP contribution >= 0.6 is 0 Å². The molecule has 0 radical (unpaired) electrons. The molecule has 0 amide bonds. The molecule has 0 saturated heterocycles. The molecule has 0 aromatic carbocycles. The number of rotatable bonds is 5. The molecule has 5 nitrogen and oxygen atoms in total. The Balaban J connectivity index is 1.81. The second-order valence-electron chi connectivity index (χ2n) is 5.70. The lowest BCUT2D eigenvalue weighted by atomic mass is 9.83. The topological polar surface area (TPSA) is 55.1 Å². The molecule has 2 heterocycles. The van der Waals surface area contributed by atoms with E-state index in [-0.39, 0.29) is 6.04 Å². The molecule has 1 unspecified atom stereocenters. The molecule has 5 heteroatoms. The normalized spacial score (nSPS) is 17.1. The lowest BCUT2D eigenvalue weighted by Gasteiger charge is -2.23. The summed E-state index contributed by atoms with van der Waals surface area (Å²) in [6, 6.07) is 3.93. The summed E-state index contributed by atoms with van der Waals surface area (Å²) in [6.45, 7) is 0. The van der Waals surface area contributed by atoms with Crippen LogP contribution < -0.4 is 0 Å². The summed E-state index contributed by atoms with van der Waals surface area (Å²) in [7, 11) is 4.01. The van der Waals surface area contributed by atoms with Crippen molar-refractivity contribution in [1.29, 1.82) is 0 Å². The van der Waals surface area contributed by atoms with E-state index < -0.39 is 0 Å². The van der Waals surface area contributed by atoms with E-state index in [9.17, 15) is 0 Å². The van der Waals surface area contributed by atoms with Gasteiger partial charge in [0.05, 0.1) is 0 Å². The third-order valence-electron chi connectivity index (χ3n) is 3.93. The molecule has 0 spiro atoms. The minimum Gasteiger partial charge on any atom is -0.337 e. The summed E-state index contributed by atoms with van der Waals surface area (Å²) in [5.74, 6) is 2.23. The molecule has 0 aliphatic heterocycles. The quantitative estimate of drug-likeness (QED) is 0.837. The average Bonchev–Trinajstić information content (AvgIpc) is 2.83. The first-order chi connectivity index (χ1) is 9.74. The van der Waals surface area contributed by atoms with Crippen LogP contribution in [0.1, 0.15) is 42.6 Å². The van der Waals surface area contributed by atoms with Crippen LogP contribution in [0.15, 0.2) is 29.0 Å². The predicted octanol–water partition coefficient (Wildman–Crippen LogP) is 2.46. The highest BCUT2D eigenvalue weighted by molar-refractivity contribution is 5.20. The van der Waals surface area contributed by atoms with Gasteiger partial charge in [0.25, 0.3) is 0 Å². The van der Waals surface area contributed by atoms with Crippen LogP contribution in [0.4, 0.5) is 0 Å². The van der Waals surface area contributed by atoms with E-state index >= 15 is 0 Å². The number of aromatic nitrogens is 3. The molecule has 1 atom stereocenters. The van der Waals surface area contributed by atoms with E-state index in [1.54, 1.807) is 6.20 Å². The Morgan fingerprint density at radius 3 is 2.85 bits per heavy atom. The second-order valence-corrected chi connectivity index (χ2v) is 5.70. The maximum Gasteiger partial charge on any atom is 0.248 e. The maximum absolute atomic E-state index is 5.48. The molecular formula is C15H20N4O. The summed E-state index contributed by atoms with van der Waals surface area (Å²) < 4.78 is 5.48.